The third-order valence-corrected chi connectivity index (χ3v) is 6.31. The molecule has 0 radical (unpaired) electrons. The molecule has 0 heterocycles. The molecule has 1 nitrogen and oxygen atoms in total. The van der Waals surface area contributed by atoms with E-state index in [9.17, 15) is 0 Å². The van der Waals surface area contributed by atoms with Gasteiger partial charge in [-0.1, -0.05) is 103 Å². The lowest BCUT2D eigenvalue weighted by Crippen LogP contribution is -2.18. The van der Waals surface area contributed by atoms with Crippen molar-refractivity contribution >= 4 is 11.3 Å². The average molecular weight is 420 g/mol. The van der Waals surface area contributed by atoms with E-state index in [1.54, 1.807) is 5.57 Å². The minimum atomic E-state index is 0.980. The van der Waals surface area contributed by atoms with E-state index >= 15 is 0 Å². The van der Waals surface area contributed by atoms with Crippen LogP contribution in [0, 0.1) is 0 Å². The van der Waals surface area contributed by atoms with Crippen molar-refractivity contribution < 1.29 is 0 Å². The molecule has 0 fully saturated rings. The van der Waals surface area contributed by atoms with Crippen LogP contribution in [0.4, 0.5) is 0 Å². The summed E-state index contributed by atoms with van der Waals surface area (Å²) in [4.78, 5) is 2.37. The van der Waals surface area contributed by atoms with Crippen LogP contribution in [0.2, 0.25) is 0 Å². The third kappa shape index (κ3) is 5.68. The number of allylic oxidation sites excluding steroid dienone is 3. The van der Waals surface area contributed by atoms with Crippen LogP contribution in [-0.4, -0.2) is 18.5 Å². The largest absolute Gasteiger partial charge is 0.374 e. The molecular weight excluding hydrogens is 386 g/mol. The van der Waals surface area contributed by atoms with E-state index < -0.39 is 0 Å². The Morgan fingerprint density at radius 1 is 0.812 bits per heavy atom. The van der Waals surface area contributed by atoms with E-state index in [2.05, 4.69) is 110 Å². The lowest BCUT2D eigenvalue weighted by atomic mass is 10.0. The number of benzene rings is 3. The number of hydrogen-bond donors (Lipinski definition) is 0. The highest BCUT2D eigenvalue weighted by molar-refractivity contribution is 5.82. The van der Waals surface area contributed by atoms with E-state index in [0.29, 0.717) is 0 Å². The molecule has 0 unspecified atom stereocenters. The average Bonchev–Trinajstić information content (AvgIpc) is 3.05. The molecule has 0 aliphatic heterocycles. The Morgan fingerprint density at radius 3 is 2.16 bits per heavy atom. The topological polar surface area (TPSA) is 3.24 Å². The van der Waals surface area contributed by atoms with Crippen LogP contribution < -0.4 is 0 Å². The molecule has 3 aromatic rings. The molecule has 0 bridgehead atoms. The number of rotatable bonds is 7. The highest BCUT2D eigenvalue weighted by atomic mass is 15.1. The van der Waals surface area contributed by atoms with Gasteiger partial charge in [0.2, 0.25) is 0 Å². The first-order chi connectivity index (χ1) is 15.7. The SMILES string of the molecule is C=C(/C=C(/c1ccccc1)N(C)CC/C=C1/CCCc2ccccc2C1)c1ccccc1. The zero-order chi connectivity index (χ0) is 22.2. The summed E-state index contributed by atoms with van der Waals surface area (Å²) in [5.41, 5.74) is 9.26. The standard InChI is InChI=1S/C31H33N/c1-25(27-15-5-3-6-16-27)23-31(29-18-7-4-8-19-29)32(2)22-12-14-26-13-11-21-28-17-9-10-20-30(28)24-26/h3-10,14-20,23H,1,11-13,21-22,24H2,2H3/b26-14-,31-23-. The maximum atomic E-state index is 4.34. The van der Waals surface area contributed by atoms with Crippen LogP contribution in [0.5, 0.6) is 0 Å². The van der Waals surface area contributed by atoms with E-state index in [1.165, 1.54) is 41.6 Å². The van der Waals surface area contributed by atoms with Gasteiger partial charge in [0.05, 0.1) is 0 Å². The fourth-order valence-corrected chi connectivity index (χ4v) is 4.49. The molecule has 0 spiro atoms. The first-order valence-electron chi connectivity index (χ1n) is 11.7. The zero-order valence-corrected chi connectivity index (χ0v) is 19.1. The first-order valence-corrected chi connectivity index (χ1v) is 11.7. The van der Waals surface area contributed by atoms with E-state index in [0.717, 1.165) is 30.5 Å². The summed E-state index contributed by atoms with van der Waals surface area (Å²) >= 11 is 0. The predicted molar refractivity (Wildman–Crippen MR) is 138 cm³/mol. The van der Waals surface area contributed by atoms with Gasteiger partial charge in [-0.25, -0.2) is 0 Å². The van der Waals surface area contributed by atoms with Crippen molar-refractivity contribution in [2.24, 2.45) is 0 Å². The van der Waals surface area contributed by atoms with Crippen LogP contribution >= 0.6 is 0 Å². The summed E-state index contributed by atoms with van der Waals surface area (Å²) in [6.07, 6.45) is 10.5. The van der Waals surface area contributed by atoms with Gasteiger partial charge in [0.15, 0.2) is 0 Å². The van der Waals surface area contributed by atoms with Crippen molar-refractivity contribution in [2.75, 3.05) is 13.6 Å². The lowest BCUT2D eigenvalue weighted by Gasteiger charge is -2.23. The van der Waals surface area contributed by atoms with Crippen LogP contribution in [0.1, 0.15) is 41.5 Å². The van der Waals surface area contributed by atoms with Gasteiger partial charge in [0.1, 0.15) is 0 Å². The molecule has 0 saturated heterocycles. The lowest BCUT2D eigenvalue weighted by molar-refractivity contribution is 0.487. The van der Waals surface area contributed by atoms with Crippen molar-refractivity contribution in [3.05, 3.63) is 131 Å². The fraction of sp³-hybridized carbons (Fsp3) is 0.226. The van der Waals surface area contributed by atoms with Crippen molar-refractivity contribution in [3.8, 4) is 0 Å². The van der Waals surface area contributed by atoms with Gasteiger partial charge in [0.25, 0.3) is 0 Å². The maximum Gasteiger partial charge on any atom is 0.0443 e. The summed E-state index contributed by atoms with van der Waals surface area (Å²) in [6.45, 7) is 5.32. The van der Waals surface area contributed by atoms with Gasteiger partial charge in [-0.15, -0.1) is 0 Å². The Labute approximate surface area is 193 Å². The molecule has 1 aliphatic carbocycles. The molecule has 0 aromatic heterocycles. The number of aryl methyl sites for hydroxylation is 1. The Hall–Kier alpha value is -3.32. The molecule has 0 atom stereocenters. The van der Waals surface area contributed by atoms with Gasteiger partial charge in [-0.3, -0.25) is 0 Å². The third-order valence-electron chi connectivity index (χ3n) is 6.31. The minimum absolute atomic E-state index is 0.980. The molecule has 3 aromatic carbocycles. The molecular formula is C31H33N. The van der Waals surface area contributed by atoms with Crippen molar-refractivity contribution in [1.29, 1.82) is 0 Å². The van der Waals surface area contributed by atoms with E-state index in [4.69, 9.17) is 0 Å². The molecule has 162 valence electrons. The van der Waals surface area contributed by atoms with Gasteiger partial charge in [-0.05, 0) is 66.0 Å². The number of hydrogen-bond acceptors (Lipinski definition) is 1. The number of nitrogens with zero attached hydrogens (tertiary/aromatic N) is 1. The fourth-order valence-electron chi connectivity index (χ4n) is 4.49. The number of fused-ring (bicyclic) bond motifs is 1. The Morgan fingerprint density at radius 2 is 1.44 bits per heavy atom. The molecule has 4 rings (SSSR count). The van der Waals surface area contributed by atoms with Gasteiger partial charge in [0, 0.05) is 19.3 Å². The molecule has 0 saturated carbocycles. The Kier molecular flexibility index (Phi) is 7.40. The smallest absolute Gasteiger partial charge is 0.0443 e. The van der Waals surface area contributed by atoms with Crippen LogP contribution in [0.3, 0.4) is 0 Å². The molecule has 32 heavy (non-hydrogen) atoms. The van der Waals surface area contributed by atoms with Crippen molar-refractivity contribution in [1.82, 2.24) is 4.90 Å². The quantitative estimate of drug-likeness (QED) is 0.217. The van der Waals surface area contributed by atoms with Gasteiger partial charge < -0.3 is 4.90 Å². The first kappa shape index (κ1) is 21.9. The molecule has 0 N–H and O–H groups in total. The maximum absolute atomic E-state index is 4.34. The van der Waals surface area contributed by atoms with Gasteiger partial charge in [-0.2, -0.15) is 0 Å². The second kappa shape index (κ2) is 10.8. The molecule has 0 amide bonds. The van der Waals surface area contributed by atoms with Crippen LogP contribution in [-0.2, 0) is 12.8 Å². The Bertz CT molecular complexity index is 1090. The minimum Gasteiger partial charge on any atom is -0.374 e. The monoisotopic (exact) mass is 419 g/mol. The normalized spacial score (nSPS) is 15.2. The van der Waals surface area contributed by atoms with Crippen LogP contribution in [0.25, 0.3) is 11.3 Å². The molecule has 1 heteroatoms. The highest BCUT2D eigenvalue weighted by Gasteiger charge is 2.12. The van der Waals surface area contributed by atoms with E-state index in [-0.39, 0.29) is 0 Å². The Balaban J connectivity index is 1.48. The highest BCUT2D eigenvalue weighted by Crippen LogP contribution is 2.26. The summed E-state index contributed by atoms with van der Waals surface area (Å²) in [6, 6.07) is 30.0. The summed E-state index contributed by atoms with van der Waals surface area (Å²) < 4.78 is 0. The second-order valence-corrected chi connectivity index (χ2v) is 8.66. The summed E-state index contributed by atoms with van der Waals surface area (Å²) in [7, 11) is 2.19. The predicted octanol–water partition coefficient (Wildman–Crippen LogP) is 7.57. The molecule has 1 aliphatic rings. The van der Waals surface area contributed by atoms with E-state index in [1.807, 2.05) is 6.07 Å². The van der Waals surface area contributed by atoms with Crippen LogP contribution in [0.15, 0.2) is 109 Å². The summed E-state index contributed by atoms with van der Waals surface area (Å²) in [5.74, 6) is 0. The van der Waals surface area contributed by atoms with Crippen molar-refractivity contribution in [3.63, 3.8) is 0 Å². The van der Waals surface area contributed by atoms with Crippen molar-refractivity contribution in [2.45, 2.75) is 32.1 Å². The van der Waals surface area contributed by atoms with Gasteiger partial charge >= 0.3 is 0 Å². The zero-order valence-electron chi connectivity index (χ0n) is 19.1. The second-order valence-electron chi connectivity index (χ2n) is 8.66. The summed E-state index contributed by atoms with van der Waals surface area (Å²) in [5, 5.41) is 0.